The Labute approximate surface area is 176 Å². The second kappa shape index (κ2) is 9.16. The van der Waals surface area contributed by atoms with Crippen LogP contribution in [0.3, 0.4) is 0 Å². The van der Waals surface area contributed by atoms with Crippen molar-refractivity contribution in [1.29, 1.82) is 0 Å². The molecule has 156 valence electrons. The third-order valence-corrected chi connectivity index (χ3v) is 5.55. The zero-order valence-electron chi connectivity index (χ0n) is 17.6. The van der Waals surface area contributed by atoms with Crippen LogP contribution in [-0.2, 0) is 9.47 Å². The van der Waals surface area contributed by atoms with E-state index in [1.165, 1.54) is 7.11 Å². The van der Waals surface area contributed by atoms with Gasteiger partial charge >= 0.3 is 12.1 Å². The summed E-state index contributed by atoms with van der Waals surface area (Å²) in [5.41, 5.74) is 2.00. The molecule has 0 radical (unpaired) electrons. The summed E-state index contributed by atoms with van der Waals surface area (Å²) in [6.07, 6.45) is 3.35. The van der Waals surface area contributed by atoms with Crippen molar-refractivity contribution >= 4 is 33.7 Å². The second-order valence-corrected chi connectivity index (χ2v) is 9.27. The summed E-state index contributed by atoms with van der Waals surface area (Å²) in [5.74, 6) is -0.335. The summed E-state index contributed by atoms with van der Waals surface area (Å²) in [5, 5.41) is 2.98. The fourth-order valence-electron chi connectivity index (χ4n) is 3.63. The van der Waals surface area contributed by atoms with Crippen molar-refractivity contribution in [1.82, 2.24) is 5.32 Å². The Morgan fingerprint density at radius 3 is 2.32 bits per heavy atom. The van der Waals surface area contributed by atoms with Crippen LogP contribution in [0.4, 0.5) is 10.5 Å². The van der Waals surface area contributed by atoms with Gasteiger partial charge in [0, 0.05) is 29.3 Å². The summed E-state index contributed by atoms with van der Waals surface area (Å²) in [4.78, 5) is 26.3. The van der Waals surface area contributed by atoms with Gasteiger partial charge in [0.2, 0.25) is 0 Å². The van der Waals surface area contributed by atoms with Gasteiger partial charge in [0.05, 0.1) is 12.7 Å². The van der Waals surface area contributed by atoms with E-state index in [9.17, 15) is 9.59 Å². The molecule has 1 aromatic rings. The molecule has 0 bridgehead atoms. The van der Waals surface area contributed by atoms with E-state index in [-0.39, 0.29) is 18.1 Å². The van der Waals surface area contributed by atoms with E-state index in [0.29, 0.717) is 11.6 Å². The Morgan fingerprint density at radius 1 is 1.18 bits per heavy atom. The molecule has 1 amide bonds. The third kappa shape index (κ3) is 5.87. The van der Waals surface area contributed by atoms with Crippen LogP contribution in [0.15, 0.2) is 16.6 Å². The molecule has 0 heterocycles. The highest BCUT2D eigenvalue weighted by molar-refractivity contribution is 9.10. The Hall–Kier alpha value is -1.76. The Kier molecular flexibility index (Phi) is 7.37. The summed E-state index contributed by atoms with van der Waals surface area (Å²) in [7, 11) is 3.45. The average Bonchev–Trinajstić information content (AvgIpc) is 2.61. The van der Waals surface area contributed by atoms with E-state index in [2.05, 4.69) is 33.2 Å². The van der Waals surface area contributed by atoms with E-state index in [1.54, 1.807) is 6.07 Å². The number of hydrogen-bond donors (Lipinski definition) is 1. The minimum Gasteiger partial charge on any atom is -0.465 e. The molecule has 28 heavy (non-hydrogen) atoms. The Morgan fingerprint density at radius 2 is 1.79 bits per heavy atom. The standard InChI is InChI=1S/C21H31BrN2O4/c1-13-17(19(25)27-6)11-14(22)12-18(13)24(5)16-9-7-15(8-10-16)23-20(26)28-21(2,3)4/h11-12,15-16H,7-10H2,1-6H3,(H,23,26). The van der Waals surface area contributed by atoms with Crippen LogP contribution in [0.5, 0.6) is 0 Å². The molecule has 6 nitrogen and oxygen atoms in total. The van der Waals surface area contributed by atoms with Crippen LogP contribution in [0.1, 0.15) is 62.4 Å². The molecule has 1 aliphatic carbocycles. The maximum absolute atomic E-state index is 12.1. The molecule has 1 aromatic carbocycles. The zero-order valence-corrected chi connectivity index (χ0v) is 19.2. The molecule has 0 aromatic heterocycles. The quantitative estimate of drug-likeness (QED) is 0.660. The van der Waals surface area contributed by atoms with E-state index in [1.807, 2.05) is 33.8 Å². The molecule has 1 N–H and O–H groups in total. The summed E-state index contributed by atoms with van der Waals surface area (Å²) >= 11 is 3.50. The average molecular weight is 455 g/mol. The monoisotopic (exact) mass is 454 g/mol. The van der Waals surface area contributed by atoms with E-state index >= 15 is 0 Å². The number of amides is 1. The second-order valence-electron chi connectivity index (χ2n) is 8.35. The van der Waals surface area contributed by atoms with Gasteiger partial charge in [0.25, 0.3) is 0 Å². The number of benzene rings is 1. The van der Waals surface area contributed by atoms with Gasteiger partial charge in [-0.15, -0.1) is 0 Å². The van der Waals surface area contributed by atoms with Crippen molar-refractivity contribution in [3.8, 4) is 0 Å². The molecule has 2 rings (SSSR count). The summed E-state index contributed by atoms with van der Waals surface area (Å²) in [6.45, 7) is 7.53. The molecular weight excluding hydrogens is 424 g/mol. The highest BCUT2D eigenvalue weighted by Crippen LogP contribution is 2.33. The highest BCUT2D eigenvalue weighted by atomic mass is 79.9. The molecule has 0 aliphatic heterocycles. The minimum absolute atomic E-state index is 0.133. The molecule has 1 aliphatic rings. The number of halogens is 1. The van der Waals surface area contributed by atoms with Crippen molar-refractivity contribution in [3.63, 3.8) is 0 Å². The molecule has 1 saturated carbocycles. The Bertz CT molecular complexity index is 722. The van der Waals surface area contributed by atoms with Gasteiger partial charge < -0.3 is 19.7 Å². The van der Waals surface area contributed by atoms with Crippen LogP contribution in [0.25, 0.3) is 0 Å². The number of esters is 1. The summed E-state index contributed by atoms with van der Waals surface area (Å²) < 4.78 is 11.1. The molecule has 1 fully saturated rings. The molecule has 0 saturated heterocycles. The van der Waals surface area contributed by atoms with Gasteiger partial charge in [0.1, 0.15) is 5.60 Å². The van der Waals surface area contributed by atoms with Gasteiger partial charge in [-0.1, -0.05) is 15.9 Å². The van der Waals surface area contributed by atoms with Crippen molar-refractivity contribution in [3.05, 3.63) is 27.7 Å². The van der Waals surface area contributed by atoms with Crippen molar-refractivity contribution in [2.75, 3.05) is 19.1 Å². The first-order valence-corrected chi connectivity index (χ1v) is 10.4. The number of carbonyl (C=O) groups excluding carboxylic acids is 2. The number of rotatable bonds is 4. The molecule has 0 unspecified atom stereocenters. The maximum atomic E-state index is 12.1. The number of nitrogens with zero attached hydrogens (tertiary/aromatic N) is 1. The van der Waals surface area contributed by atoms with Gasteiger partial charge in [-0.25, -0.2) is 9.59 Å². The largest absolute Gasteiger partial charge is 0.465 e. The first-order chi connectivity index (χ1) is 13.0. The minimum atomic E-state index is -0.489. The fourth-order valence-corrected chi connectivity index (χ4v) is 4.08. The number of anilines is 1. The zero-order chi connectivity index (χ0) is 21.1. The van der Waals surface area contributed by atoms with Crippen molar-refractivity contribution < 1.29 is 19.1 Å². The fraction of sp³-hybridized carbons (Fsp3) is 0.619. The lowest BCUT2D eigenvalue weighted by atomic mass is 9.89. The number of nitrogens with one attached hydrogen (secondary N) is 1. The van der Waals surface area contributed by atoms with Crippen molar-refractivity contribution in [2.45, 2.75) is 71.1 Å². The van der Waals surface area contributed by atoms with Crippen molar-refractivity contribution in [2.24, 2.45) is 0 Å². The Balaban J connectivity index is 2.02. The first-order valence-electron chi connectivity index (χ1n) is 9.62. The lowest BCUT2D eigenvalue weighted by Gasteiger charge is -2.37. The number of hydrogen-bond acceptors (Lipinski definition) is 5. The highest BCUT2D eigenvalue weighted by Gasteiger charge is 2.28. The van der Waals surface area contributed by atoms with Gasteiger partial charge in [-0.3, -0.25) is 0 Å². The number of carbonyl (C=O) groups is 2. The van der Waals surface area contributed by atoms with Gasteiger partial charge in [-0.05, 0) is 71.1 Å². The van der Waals surface area contributed by atoms with E-state index in [0.717, 1.165) is 41.4 Å². The van der Waals surface area contributed by atoms with Crippen LogP contribution >= 0.6 is 15.9 Å². The molecular formula is C21H31BrN2O4. The lowest BCUT2D eigenvalue weighted by Crippen LogP contribution is -2.44. The topological polar surface area (TPSA) is 67.9 Å². The van der Waals surface area contributed by atoms with Gasteiger partial charge in [0.15, 0.2) is 0 Å². The van der Waals surface area contributed by atoms with E-state index < -0.39 is 5.60 Å². The van der Waals surface area contributed by atoms with Crippen LogP contribution in [0.2, 0.25) is 0 Å². The predicted octanol–water partition coefficient (Wildman–Crippen LogP) is 4.82. The van der Waals surface area contributed by atoms with Crippen LogP contribution in [-0.4, -0.2) is 43.9 Å². The van der Waals surface area contributed by atoms with Crippen LogP contribution in [0, 0.1) is 6.92 Å². The number of ether oxygens (including phenoxy) is 2. The SMILES string of the molecule is COC(=O)c1cc(Br)cc(N(C)C2CCC(NC(=O)OC(C)(C)C)CC2)c1C. The normalized spacial score (nSPS) is 19.7. The smallest absolute Gasteiger partial charge is 0.407 e. The third-order valence-electron chi connectivity index (χ3n) is 5.10. The van der Waals surface area contributed by atoms with Gasteiger partial charge in [-0.2, -0.15) is 0 Å². The first kappa shape index (κ1) is 22.5. The predicted molar refractivity (Wildman–Crippen MR) is 114 cm³/mol. The lowest BCUT2D eigenvalue weighted by molar-refractivity contribution is 0.0490. The number of methoxy groups -OCH3 is 1. The molecule has 0 atom stereocenters. The van der Waals surface area contributed by atoms with E-state index in [4.69, 9.17) is 9.47 Å². The molecule has 7 heteroatoms. The molecule has 0 spiro atoms. The van der Waals surface area contributed by atoms with Crippen LogP contribution < -0.4 is 10.2 Å². The number of alkyl carbamates (subject to hydrolysis) is 1. The summed E-state index contributed by atoms with van der Waals surface area (Å²) in [6, 6.07) is 4.30. The maximum Gasteiger partial charge on any atom is 0.407 e.